The molecule has 1 rings (SSSR count). The third-order valence-corrected chi connectivity index (χ3v) is 4.69. The van der Waals surface area contributed by atoms with Crippen LogP contribution < -0.4 is 0 Å². The number of alkyl halides is 3. The molecule has 10 heteroatoms. The molecule has 1 N–H and O–H groups in total. The molecule has 0 saturated carbocycles. The van der Waals surface area contributed by atoms with Crippen LogP contribution in [0.25, 0.3) is 0 Å². The normalized spacial score (nSPS) is 13.7. The van der Waals surface area contributed by atoms with E-state index in [9.17, 15) is 27.9 Å². The molecule has 0 aromatic heterocycles. The summed E-state index contributed by atoms with van der Waals surface area (Å²) < 4.78 is 38.3. The zero-order chi connectivity index (χ0) is 20.3. The maximum atomic E-state index is 12.8. The van der Waals surface area contributed by atoms with E-state index in [1.165, 1.54) is 31.3 Å². The van der Waals surface area contributed by atoms with Crippen molar-refractivity contribution in [3.05, 3.63) is 46.5 Å². The number of nitrogens with zero attached hydrogens (tertiary/aromatic N) is 2. The van der Waals surface area contributed by atoms with Crippen molar-refractivity contribution in [2.24, 2.45) is 0 Å². The van der Waals surface area contributed by atoms with Gasteiger partial charge in [-0.2, -0.15) is 13.2 Å². The van der Waals surface area contributed by atoms with Crippen LogP contribution in [0, 0.1) is 0 Å². The quantitative estimate of drug-likeness (QED) is 0.704. The Balaban J connectivity index is 3.53. The lowest BCUT2D eigenvalue weighted by Gasteiger charge is -2.43. The Labute approximate surface area is 158 Å². The molecule has 144 valence electrons. The van der Waals surface area contributed by atoms with Crippen LogP contribution >= 0.6 is 23.2 Å². The first kappa shape index (κ1) is 22.1. The lowest BCUT2D eigenvalue weighted by atomic mass is 9.84. The molecule has 0 aliphatic carbocycles. The largest absolute Gasteiger partial charge is 0.471 e. The molecule has 0 radical (unpaired) electrons. The maximum Gasteiger partial charge on any atom is 0.471 e. The van der Waals surface area contributed by atoms with Crippen molar-refractivity contribution in [2.75, 3.05) is 20.6 Å². The van der Waals surface area contributed by atoms with Crippen LogP contribution in [0.3, 0.4) is 0 Å². The molecular weight excluding hydrogens is 396 g/mol. The Hall–Kier alpha value is -1.93. The summed E-state index contributed by atoms with van der Waals surface area (Å²) in [6.45, 7) is 2.98. The van der Waals surface area contributed by atoms with Crippen molar-refractivity contribution in [1.82, 2.24) is 9.80 Å². The van der Waals surface area contributed by atoms with E-state index in [2.05, 4.69) is 6.58 Å². The van der Waals surface area contributed by atoms with E-state index in [0.717, 1.165) is 11.9 Å². The zero-order valence-electron chi connectivity index (χ0n) is 14.0. The van der Waals surface area contributed by atoms with Crippen molar-refractivity contribution in [3.8, 4) is 0 Å². The van der Waals surface area contributed by atoms with Gasteiger partial charge >= 0.3 is 18.2 Å². The molecule has 1 atom stereocenters. The molecule has 26 heavy (non-hydrogen) atoms. The first-order valence-corrected chi connectivity index (χ1v) is 7.98. The molecule has 0 aliphatic heterocycles. The molecule has 0 aliphatic rings. The number of carbonyl (C=O) groups is 2. The molecule has 0 spiro atoms. The van der Waals surface area contributed by atoms with Crippen molar-refractivity contribution >= 4 is 35.2 Å². The summed E-state index contributed by atoms with van der Waals surface area (Å²) in [6.07, 6.45) is -5.20. The number of likely N-dealkylation sites (N-methyl/N-ethyl adjacent to an activating group) is 2. The number of halogens is 5. The summed E-state index contributed by atoms with van der Waals surface area (Å²) in [5.41, 5.74) is -1.27. The van der Waals surface area contributed by atoms with E-state index in [-0.39, 0.29) is 22.0 Å². The molecule has 0 bridgehead atoms. The molecule has 0 fully saturated rings. The van der Waals surface area contributed by atoms with E-state index >= 15 is 0 Å². The smallest absolute Gasteiger partial charge is 0.465 e. The molecule has 5 nitrogen and oxygen atoms in total. The van der Waals surface area contributed by atoms with Gasteiger partial charge in [-0.3, -0.25) is 9.69 Å². The second-order valence-electron chi connectivity index (χ2n) is 5.65. The Bertz CT molecular complexity index is 712. The predicted octanol–water partition coefficient (Wildman–Crippen LogP) is 4.40. The highest BCUT2D eigenvalue weighted by Gasteiger charge is 2.46. The fraction of sp³-hybridized carbons (Fsp3) is 0.375. The van der Waals surface area contributed by atoms with Gasteiger partial charge in [0.05, 0.1) is 15.6 Å². The minimum absolute atomic E-state index is 0.0662. The highest BCUT2D eigenvalue weighted by atomic mass is 35.5. The number of hydrogen-bond donors (Lipinski definition) is 1. The first-order valence-electron chi connectivity index (χ1n) is 7.22. The van der Waals surface area contributed by atoms with Crippen LogP contribution in [0.1, 0.15) is 12.0 Å². The standard InChI is InChI=1S/C16H17Cl2F3N2O3/c1-4-7-15(23(3)14(25)26,9-22(2)13(24)16(19,20)21)10-5-6-11(17)12(18)8-10/h4-6,8H,1,7,9H2,2-3H3,(H,25,26). The number of rotatable bonds is 6. The minimum Gasteiger partial charge on any atom is -0.465 e. The summed E-state index contributed by atoms with van der Waals surface area (Å²) >= 11 is 11.9. The van der Waals surface area contributed by atoms with Gasteiger partial charge < -0.3 is 10.0 Å². The fourth-order valence-electron chi connectivity index (χ4n) is 2.60. The van der Waals surface area contributed by atoms with Crippen molar-refractivity contribution in [2.45, 2.75) is 18.1 Å². The molecule has 2 amide bonds. The van der Waals surface area contributed by atoms with Crippen molar-refractivity contribution < 1.29 is 27.9 Å². The number of hydrogen-bond acceptors (Lipinski definition) is 2. The van der Waals surface area contributed by atoms with E-state index in [4.69, 9.17) is 23.2 Å². The molecule has 1 aromatic carbocycles. The van der Waals surface area contributed by atoms with Crippen LogP contribution in [0.2, 0.25) is 10.0 Å². The minimum atomic E-state index is -5.09. The van der Waals surface area contributed by atoms with E-state index in [1.807, 2.05) is 0 Å². The van der Waals surface area contributed by atoms with Gasteiger partial charge in [0, 0.05) is 20.6 Å². The van der Waals surface area contributed by atoms with Crippen molar-refractivity contribution in [3.63, 3.8) is 0 Å². The SMILES string of the molecule is C=CCC(CN(C)C(=O)C(F)(F)F)(c1ccc(Cl)c(Cl)c1)N(C)C(=O)O. The van der Waals surface area contributed by atoms with Crippen LogP contribution in [0.15, 0.2) is 30.9 Å². The van der Waals surface area contributed by atoms with Crippen LogP contribution in [0.5, 0.6) is 0 Å². The maximum absolute atomic E-state index is 12.8. The lowest BCUT2D eigenvalue weighted by molar-refractivity contribution is -0.185. The Morgan fingerprint density at radius 1 is 1.23 bits per heavy atom. The summed E-state index contributed by atoms with van der Waals surface area (Å²) in [5.74, 6) is -2.09. The van der Waals surface area contributed by atoms with Gasteiger partial charge in [-0.15, -0.1) is 6.58 Å². The second-order valence-corrected chi connectivity index (χ2v) is 6.47. The third kappa shape index (κ3) is 4.62. The highest BCUT2D eigenvalue weighted by Crippen LogP contribution is 2.37. The molecule has 0 heterocycles. The Morgan fingerprint density at radius 2 is 1.81 bits per heavy atom. The predicted molar refractivity (Wildman–Crippen MR) is 92.4 cm³/mol. The van der Waals surface area contributed by atoms with E-state index in [0.29, 0.717) is 4.90 Å². The van der Waals surface area contributed by atoms with Crippen LogP contribution in [0.4, 0.5) is 18.0 Å². The van der Waals surface area contributed by atoms with Gasteiger partial charge in [-0.05, 0) is 24.1 Å². The van der Waals surface area contributed by atoms with Gasteiger partial charge in [-0.25, -0.2) is 4.79 Å². The fourth-order valence-corrected chi connectivity index (χ4v) is 2.90. The van der Waals surface area contributed by atoms with Gasteiger partial charge in [-0.1, -0.05) is 35.3 Å². The summed E-state index contributed by atoms with van der Waals surface area (Å²) in [5, 5.41) is 9.74. The Kier molecular flexibility index (Phi) is 6.95. The molecular formula is C16H17Cl2F3N2O3. The first-order chi connectivity index (χ1) is 11.9. The molecule has 1 aromatic rings. The van der Waals surface area contributed by atoms with Crippen molar-refractivity contribution in [1.29, 1.82) is 0 Å². The number of benzene rings is 1. The average molecular weight is 413 g/mol. The van der Waals surface area contributed by atoms with Gasteiger partial charge in [0.1, 0.15) is 0 Å². The Morgan fingerprint density at radius 3 is 2.23 bits per heavy atom. The number of carboxylic acid groups (broad SMARTS) is 1. The van der Waals surface area contributed by atoms with E-state index in [1.54, 1.807) is 0 Å². The topological polar surface area (TPSA) is 60.9 Å². The number of carbonyl (C=O) groups excluding carboxylic acids is 1. The van der Waals surface area contributed by atoms with Crippen LogP contribution in [-0.4, -0.2) is 53.7 Å². The third-order valence-electron chi connectivity index (χ3n) is 3.96. The summed E-state index contributed by atoms with van der Waals surface area (Å²) in [4.78, 5) is 24.4. The molecule has 1 unspecified atom stereocenters. The summed E-state index contributed by atoms with van der Waals surface area (Å²) in [7, 11) is 2.14. The second kappa shape index (κ2) is 8.18. The number of amides is 2. The molecule has 0 saturated heterocycles. The monoisotopic (exact) mass is 412 g/mol. The van der Waals surface area contributed by atoms with Gasteiger partial charge in [0.15, 0.2) is 0 Å². The zero-order valence-corrected chi connectivity index (χ0v) is 15.5. The van der Waals surface area contributed by atoms with Crippen LogP contribution in [-0.2, 0) is 10.3 Å². The van der Waals surface area contributed by atoms with E-state index < -0.39 is 30.3 Å². The highest BCUT2D eigenvalue weighted by molar-refractivity contribution is 6.42. The average Bonchev–Trinajstić information content (AvgIpc) is 2.54. The van der Waals surface area contributed by atoms with Gasteiger partial charge in [0.25, 0.3) is 0 Å². The lowest BCUT2D eigenvalue weighted by Crippen LogP contribution is -2.55. The van der Waals surface area contributed by atoms with Gasteiger partial charge in [0.2, 0.25) is 0 Å². The summed E-state index contributed by atoms with van der Waals surface area (Å²) in [6, 6.07) is 4.21.